The van der Waals surface area contributed by atoms with Gasteiger partial charge in [-0.2, -0.15) is 0 Å². The van der Waals surface area contributed by atoms with E-state index in [9.17, 15) is 14.7 Å². The monoisotopic (exact) mass is 510 g/mol. The van der Waals surface area contributed by atoms with Gasteiger partial charge in [0, 0.05) is 37.8 Å². The molecule has 0 radical (unpaired) electrons. The van der Waals surface area contributed by atoms with Gasteiger partial charge in [0.2, 0.25) is 5.95 Å². The number of aromatic amines is 1. The van der Waals surface area contributed by atoms with Gasteiger partial charge in [-0.05, 0) is 53.6 Å². The van der Waals surface area contributed by atoms with Crippen LogP contribution in [-0.2, 0) is 16.0 Å². The molecule has 1 unspecified atom stereocenters. The maximum Gasteiger partial charge on any atom is 0.302 e. The molecule has 4 aromatic rings. The minimum absolute atomic E-state index is 0.00417. The number of aliphatic hydroxyl groups excluding tert-OH is 1. The summed E-state index contributed by atoms with van der Waals surface area (Å²) in [5, 5.41) is 11.5. The predicted octanol–water partition coefficient (Wildman–Crippen LogP) is 4.20. The quantitative estimate of drug-likeness (QED) is 0.235. The lowest BCUT2D eigenvalue weighted by atomic mass is 9.94. The smallest absolute Gasteiger partial charge is 0.302 e. The number of carbonyl (C=O) groups is 2. The number of rotatable bonds is 5. The number of fused-ring (bicyclic) bond motifs is 2. The zero-order valence-electron chi connectivity index (χ0n) is 21.2. The second-order valence-electron chi connectivity index (χ2n) is 9.52. The number of benzene rings is 3. The summed E-state index contributed by atoms with van der Waals surface area (Å²) >= 11 is 0. The van der Waals surface area contributed by atoms with Gasteiger partial charge in [-0.25, -0.2) is 4.98 Å². The maximum absolute atomic E-state index is 13.5. The molecule has 6 rings (SSSR count). The highest BCUT2D eigenvalue weighted by atomic mass is 16.5. The van der Waals surface area contributed by atoms with Crippen LogP contribution in [0.4, 0.5) is 11.6 Å². The van der Waals surface area contributed by atoms with E-state index in [1.807, 2.05) is 49.3 Å². The van der Waals surface area contributed by atoms with Crippen molar-refractivity contribution in [1.82, 2.24) is 9.97 Å². The topological polar surface area (TPSA) is 108 Å². The van der Waals surface area contributed by atoms with Crippen LogP contribution in [0.3, 0.4) is 0 Å². The van der Waals surface area contributed by atoms with Gasteiger partial charge in [-0.3, -0.25) is 14.5 Å². The van der Waals surface area contributed by atoms with E-state index in [-0.39, 0.29) is 17.3 Å². The second-order valence-corrected chi connectivity index (χ2v) is 9.52. The average Bonchev–Trinajstić information content (AvgIpc) is 3.63. The zero-order chi connectivity index (χ0) is 26.6. The third kappa shape index (κ3) is 3.75. The highest BCUT2D eigenvalue weighted by molar-refractivity contribution is 6.51. The fourth-order valence-electron chi connectivity index (χ4n) is 5.03. The molecule has 9 heteroatoms. The van der Waals surface area contributed by atoms with Crippen molar-refractivity contribution in [3.63, 3.8) is 0 Å². The van der Waals surface area contributed by atoms with Crippen molar-refractivity contribution < 1.29 is 24.2 Å². The molecule has 2 aliphatic rings. The van der Waals surface area contributed by atoms with Crippen molar-refractivity contribution in [2.75, 3.05) is 37.6 Å². The van der Waals surface area contributed by atoms with E-state index in [4.69, 9.17) is 9.47 Å². The Labute approximate surface area is 218 Å². The van der Waals surface area contributed by atoms with E-state index in [0.717, 1.165) is 17.0 Å². The number of Topliss-reactive ketones (excluding diaryl/α,β-unsaturated/α-hetero) is 1. The molecule has 9 nitrogen and oxygen atoms in total. The second kappa shape index (κ2) is 8.95. The summed E-state index contributed by atoms with van der Waals surface area (Å²) in [5.41, 5.74) is 4.30. The highest BCUT2D eigenvalue weighted by Gasteiger charge is 2.48. The third-order valence-corrected chi connectivity index (χ3v) is 7.04. The van der Waals surface area contributed by atoms with E-state index >= 15 is 0 Å². The minimum Gasteiger partial charge on any atom is -0.507 e. The van der Waals surface area contributed by atoms with Crippen LogP contribution in [0.2, 0.25) is 0 Å². The van der Waals surface area contributed by atoms with Crippen LogP contribution < -0.4 is 19.3 Å². The van der Waals surface area contributed by atoms with Crippen LogP contribution in [-0.4, -0.2) is 54.6 Å². The van der Waals surface area contributed by atoms with Gasteiger partial charge in [0.25, 0.3) is 5.78 Å². The number of hydrogen-bond donors (Lipinski definition) is 2. The first-order chi connectivity index (χ1) is 18.4. The van der Waals surface area contributed by atoms with E-state index in [0.29, 0.717) is 40.9 Å². The van der Waals surface area contributed by atoms with Crippen LogP contribution in [0.15, 0.2) is 66.2 Å². The van der Waals surface area contributed by atoms with Crippen molar-refractivity contribution in [2.45, 2.75) is 12.5 Å². The third-order valence-electron chi connectivity index (χ3n) is 7.04. The lowest BCUT2D eigenvalue weighted by molar-refractivity contribution is -0.132. The zero-order valence-corrected chi connectivity index (χ0v) is 21.2. The number of amides is 1. The van der Waals surface area contributed by atoms with Gasteiger partial charge in [-0.15, -0.1) is 0 Å². The Bertz CT molecular complexity index is 1620. The molecule has 38 heavy (non-hydrogen) atoms. The Hall–Kier alpha value is -4.79. The first kappa shape index (κ1) is 23.6. The molecule has 2 N–H and O–H groups in total. The normalized spacial score (nSPS) is 18.1. The lowest BCUT2D eigenvalue weighted by Gasteiger charge is -2.24. The van der Waals surface area contributed by atoms with E-state index < -0.39 is 17.7 Å². The fraction of sp³-hybridized carbons (Fsp3) is 0.207. The molecule has 1 saturated heterocycles. The Balaban J connectivity index is 1.53. The lowest BCUT2D eigenvalue weighted by Crippen LogP contribution is -2.30. The summed E-state index contributed by atoms with van der Waals surface area (Å²) in [4.78, 5) is 38.1. The molecule has 2 aliphatic heterocycles. The van der Waals surface area contributed by atoms with Crippen molar-refractivity contribution in [2.24, 2.45) is 0 Å². The van der Waals surface area contributed by atoms with Gasteiger partial charge in [0.1, 0.15) is 17.3 Å². The van der Waals surface area contributed by atoms with Gasteiger partial charge >= 0.3 is 5.91 Å². The number of ether oxygens (including phenoxy) is 2. The number of H-pyrrole nitrogens is 1. The van der Waals surface area contributed by atoms with E-state index in [2.05, 4.69) is 9.97 Å². The average molecular weight is 511 g/mol. The Morgan fingerprint density at radius 1 is 1.11 bits per heavy atom. The maximum atomic E-state index is 13.5. The summed E-state index contributed by atoms with van der Waals surface area (Å²) in [5.74, 6) is -0.192. The van der Waals surface area contributed by atoms with Crippen molar-refractivity contribution in [3.8, 4) is 11.5 Å². The van der Waals surface area contributed by atoms with E-state index in [1.54, 1.807) is 37.4 Å². The molecule has 0 bridgehead atoms. The largest absolute Gasteiger partial charge is 0.507 e. The number of ketones is 1. The van der Waals surface area contributed by atoms with Crippen molar-refractivity contribution in [1.29, 1.82) is 0 Å². The molecule has 0 saturated carbocycles. The molecule has 1 amide bonds. The number of nitrogens with zero attached hydrogens (tertiary/aromatic N) is 3. The summed E-state index contributed by atoms with van der Waals surface area (Å²) in [7, 11) is 5.43. The number of anilines is 2. The number of aliphatic hydroxyl groups is 1. The Kier molecular flexibility index (Phi) is 5.56. The number of aromatic nitrogens is 2. The van der Waals surface area contributed by atoms with Crippen LogP contribution in [0.25, 0.3) is 16.8 Å². The van der Waals surface area contributed by atoms with Gasteiger partial charge in [0.15, 0.2) is 0 Å². The van der Waals surface area contributed by atoms with Crippen molar-refractivity contribution >= 4 is 40.1 Å². The molecule has 0 spiro atoms. The number of hydrogen-bond acceptors (Lipinski definition) is 7. The molecule has 3 heterocycles. The Morgan fingerprint density at radius 3 is 2.63 bits per heavy atom. The SMILES string of the molecule is COc1ccc2nc(N3C(=O)C(=O)/C(=C(/O)c4ccc5c(c4)CCO5)C3c3ccc(N(C)C)cc3)[nH]c2c1. The number of nitrogens with one attached hydrogen (secondary N) is 1. The molecule has 0 aliphatic carbocycles. The van der Waals surface area contributed by atoms with Crippen LogP contribution >= 0.6 is 0 Å². The molecule has 1 atom stereocenters. The molecule has 3 aromatic carbocycles. The number of methoxy groups -OCH3 is 1. The van der Waals surface area contributed by atoms with Crippen LogP contribution in [0, 0.1) is 0 Å². The van der Waals surface area contributed by atoms with Crippen LogP contribution in [0.5, 0.6) is 11.5 Å². The Morgan fingerprint density at radius 2 is 1.89 bits per heavy atom. The predicted molar refractivity (Wildman–Crippen MR) is 144 cm³/mol. The van der Waals surface area contributed by atoms with Gasteiger partial charge < -0.3 is 24.5 Å². The van der Waals surface area contributed by atoms with Gasteiger partial charge in [-0.1, -0.05) is 12.1 Å². The van der Waals surface area contributed by atoms with Crippen LogP contribution in [0.1, 0.15) is 22.7 Å². The molecule has 1 fully saturated rings. The van der Waals surface area contributed by atoms with E-state index in [1.165, 1.54) is 4.90 Å². The molecule has 192 valence electrons. The first-order valence-corrected chi connectivity index (χ1v) is 12.2. The molecular formula is C29H26N4O5. The number of imidazole rings is 1. The summed E-state index contributed by atoms with van der Waals surface area (Å²) in [6, 6.07) is 17.3. The molecular weight excluding hydrogens is 484 g/mol. The highest BCUT2D eigenvalue weighted by Crippen LogP contribution is 2.42. The van der Waals surface area contributed by atoms with Crippen molar-refractivity contribution in [3.05, 3.63) is 82.9 Å². The summed E-state index contributed by atoms with van der Waals surface area (Å²) < 4.78 is 10.9. The molecule has 1 aromatic heterocycles. The minimum atomic E-state index is -0.891. The fourth-order valence-corrected chi connectivity index (χ4v) is 5.03. The standard InChI is InChI=1S/C29H26N4O5/c1-32(2)19-7-4-16(5-8-19)25-24(26(34)18-6-11-23-17(14-18)12-13-38-23)27(35)28(36)33(25)29-30-21-10-9-20(37-3)15-22(21)31-29/h4-11,14-15,25,34H,12-13H2,1-3H3,(H,30,31)/b26-24+. The first-order valence-electron chi connectivity index (χ1n) is 12.2. The summed E-state index contributed by atoms with van der Waals surface area (Å²) in [6.45, 7) is 0.568. The number of carbonyl (C=O) groups excluding carboxylic acids is 2. The van der Waals surface area contributed by atoms with Gasteiger partial charge in [0.05, 0.1) is 36.4 Å². The summed E-state index contributed by atoms with van der Waals surface area (Å²) in [6.07, 6.45) is 0.711.